The van der Waals surface area contributed by atoms with Gasteiger partial charge in [0.25, 0.3) is 5.91 Å². The minimum absolute atomic E-state index is 0.168. The molecule has 0 aliphatic carbocycles. The zero-order chi connectivity index (χ0) is 22.2. The summed E-state index contributed by atoms with van der Waals surface area (Å²) < 4.78 is 0.993. The molecule has 1 atom stereocenters. The van der Waals surface area contributed by atoms with Gasteiger partial charge in [0, 0.05) is 18.0 Å². The van der Waals surface area contributed by atoms with Crippen molar-refractivity contribution in [3.05, 3.63) is 48.0 Å². The fraction of sp³-hybridized carbons (Fsp3) is 0.304. The molecule has 5 rings (SSSR count). The summed E-state index contributed by atoms with van der Waals surface area (Å²) in [5.41, 5.74) is 2.60. The van der Waals surface area contributed by atoms with Gasteiger partial charge in [-0.25, -0.2) is 4.98 Å². The zero-order valence-corrected chi connectivity index (χ0v) is 19.2. The second-order valence-electron chi connectivity index (χ2n) is 7.96. The normalized spacial score (nSPS) is 18.2. The van der Waals surface area contributed by atoms with Gasteiger partial charge < -0.3 is 15.1 Å². The summed E-state index contributed by atoms with van der Waals surface area (Å²) in [4.78, 5) is 47.7. The molecule has 32 heavy (non-hydrogen) atoms. The molecule has 164 valence electrons. The van der Waals surface area contributed by atoms with E-state index < -0.39 is 5.25 Å². The fourth-order valence-corrected chi connectivity index (χ4v) is 6.20. The van der Waals surface area contributed by atoms with Crippen LogP contribution in [0.4, 0.5) is 10.8 Å². The first-order valence-corrected chi connectivity index (χ1v) is 12.2. The summed E-state index contributed by atoms with van der Waals surface area (Å²) in [6.07, 6.45) is 1.92. The lowest BCUT2D eigenvalue weighted by Crippen LogP contribution is -2.51. The molecule has 1 saturated heterocycles. The Labute approximate surface area is 193 Å². The number of nitrogens with one attached hydrogen (secondary N) is 1. The van der Waals surface area contributed by atoms with Crippen molar-refractivity contribution < 1.29 is 14.4 Å². The Kier molecular flexibility index (Phi) is 5.60. The number of nitrogens with zero attached hydrogens (tertiary/aromatic N) is 3. The van der Waals surface area contributed by atoms with Crippen LogP contribution in [0.2, 0.25) is 0 Å². The van der Waals surface area contributed by atoms with Gasteiger partial charge in [0.2, 0.25) is 11.8 Å². The van der Waals surface area contributed by atoms with Crippen molar-refractivity contribution in [2.24, 2.45) is 0 Å². The maximum absolute atomic E-state index is 13.3. The maximum Gasteiger partial charge on any atom is 0.250 e. The second-order valence-corrected chi connectivity index (χ2v) is 10.1. The summed E-state index contributed by atoms with van der Waals surface area (Å²) in [6, 6.07) is 13.3. The molecular weight excluding hydrogens is 444 g/mol. The highest BCUT2D eigenvalue weighted by molar-refractivity contribution is 8.01. The molecule has 1 aromatic heterocycles. The van der Waals surface area contributed by atoms with Crippen molar-refractivity contribution in [3.8, 4) is 0 Å². The van der Waals surface area contributed by atoms with E-state index in [1.54, 1.807) is 4.90 Å². The molecule has 7 nitrogen and oxygen atoms in total. The molecule has 2 aliphatic heterocycles. The lowest BCUT2D eigenvalue weighted by molar-refractivity contribution is -0.134. The number of rotatable bonds is 4. The first-order valence-electron chi connectivity index (χ1n) is 10.5. The van der Waals surface area contributed by atoms with Gasteiger partial charge in [-0.05, 0) is 49.6 Å². The van der Waals surface area contributed by atoms with Gasteiger partial charge in [-0.15, -0.1) is 11.8 Å². The van der Waals surface area contributed by atoms with E-state index in [0.717, 1.165) is 33.5 Å². The second kappa shape index (κ2) is 8.55. The molecule has 0 spiro atoms. The van der Waals surface area contributed by atoms with E-state index in [-0.39, 0.29) is 24.3 Å². The molecule has 1 N–H and O–H groups in total. The zero-order valence-electron chi connectivity index (χ0n) is 17.5. The van der Waals surface area contributed by atoms with Crippen LogP contribution in [-0.4, -0.2) is 52.5 Å². The molecule has 0 bridgehead atoms. The Bertz CT molecular complexity index is 1220. The lowest BCUT2D eigenvalue weighted by Gasteiger charge is -2.34. The van der Waals surface area contributed by atoms with E-state index in [2.05, 4.69) is 10.3 Å². The van der Waals surface area contributed by atoms with Crippen molar-refractivity contribution in [2.75, 3.05) is 29.9 Å². The molecule has 0 radical (unpaired) electrons. The van der Waals surface area contributed by atoms with Gasteiger partial charge >= 0.3 is 0 Å². The van der Waals surface area contributed by atoms with Gasteiger partial charge in [-0.2, -0.15) is 0 Å². The van der Waals surface area contributed by atoms with E-state index >= 15 is 0 Å². The van der Waals surface area contributed by atoms with Crippen LogP contribution in [-0.2, 0) is 14.4 Å². The number of anilines is 2. The van der Waals surface area contributed by atoms with Crippen LogP contribution in [0.15, 0.2) is 47.4 Å². The number of aryl methyl sites for hydroxylation is 1. The molecule has 3 amide bonds. The van der Waals surface area contributed by atoms with Crippen LogP contribution in [0, 0.1) is 6.92 Å². The Hall–Kier alpha value is -2.91. The lowest BCUT2D eigenvalue weighted by atomic mass is 10.2. The number of carbonyl (C=O) groups is 3. The molecule has 2 aromatic carbocycles. The number of benzene rings is 2. The summed E-state index contributed by atoms with van der Waals surface area (Å²) in [6.45, 7) is 3.20. The number of carbonyl (C=O) groups excluding carboxylic acids is 3. The monoisotopic (exact) mass is 466 g/mol. The Morgan fingerprint density at radius 1 is 1.16 bits per heavy atom. The van der Waals surface area contributed by atoms with E-state index in [0.29, 0.717) is 23.9 Å². The van der Waals surface area contributed by atoms with Crippen molar-refractivity contribution in [1.82, 2.24) is 9.88 Å². The molecule has 9 heteroatoms. The van der Waals surface area contributed by atoms with Gasteiger partial charge in [0.15, 0.2) is 10.4 Å². The molecule has 3 heterocycles. The van der Waals surface area contributed by atoms with Crippen molar-refractivity contribution >= 4 is 61.9 Å². The molecule has 0 unspecified atom stereocenters. The predicted molar refractivity (Wildman–Crippen MR) is 127 cm³/mol. The van der Waals surface area contributed by atoms with Gasteiger partial charge in [0.1, 0.15) is 6.54 Å². The molecule has 2 aliphatic rings. The van der Waals surface area contributed by atoms with Crippen LogP contribution in [0.5, 0.6) is 0 Å². The highest BCUT2D eigenvalue weighted by atomic mass is 32.2. The highest BCUT2D eigenvalue weighted by Crippen LogP contribution is 2.40. The Balaban J connectivity index is 1.37. The standard InChI is InChI=1S/C23H22N4O3S2/c1-14-8-9-15-18(12-14)32-23(24-15)25-19(28)13-27-16-6-2-3-7-17(16)31-20(22(27)30)21(29)26-10-4-5-11-26/h2-3,6-9,12,20H,4-5,10-11,13H2,1H3,(H,24,25,28)/t20-/m1/s1. The van der Waals surface area contributed by atoms with Crippen LogP contribution in [0.25, 0.3) is 10.2 Å². The first kappa shape index (κ1) is 21.0. The topological polar surface area (TPSA) is 82.6 Å². The van der Waals surface area contributed by atoms with E-state index in [1.165, 1.54) is 28.0 Å². The SMILES string of the molecule is Cc1ccc2nc(NC(=O)CN3C(=O)[C@@H](C(=O)N4CCCC4)Sc4ccccc43)sc2c1. The average Bonchev–Trinajstić information content (AvgIpc) is 3.44. The van der Waals surface area contributed by atoms with Crippen LogP contribution in [0.3, 0.4) is 0 Å². The number of para-hydroxylation sites is 1. The molecule has 3 aromatic rings. The third-order valence-electron chi connectivity index (χ3n) is 5.63. The average molecular weight is 467 g/mol. The minimum Gasteiger partial charge on any atom is -0.341 e. The van der Waals surface area contributed by atoms with Gasteiger partial charge in [0.05, 0.1) is 15.9 Å². The molecular formula is C23H22N4O3S2. The Morgan fingerprint density at radius 3 is 2.75 bits per heavy atom. The summed E-state index contributed by atoms with van der Waals surface area (Å²) in [5.74, 6) is -0.858. The summed E-state index contributed by atoms with van der Waals surface area (Å²) in [7, 11) is 0. The number of fused-ring (bicyclic) bond motifs is 2. The maximum atomic E-state index is 13.3. The number of thioether (sulfide) groups is 1. The quantitative estimate of drug-likeness (QED) is 0.593. The Morgan fingerprint density at radius 2 is 1.94 bits per heavy atom. The van der Waals surface area contributed by atoms with Crippen LogP contribution >= 0.6 is 23.1 Å². The number of aromatic nitrogens is 1. The third-order valence-corrected chi connectivity index (χ3v) is 7.80. The van der Waals surface area contributed by atoms with Crippen molar-refractivity contribution in [3.63, 3.8) is 0 Å². The summed E-state index contributed by atoms with van der Waals surface area (Å²) in [5, 5.41) is 2.45. The number of amides is 3. The minimum atomic E-state index is -0.860. The van der Waals surface area contributed by atoms with Crippen molar-refractivity contribution in [2.45, 2.75) is 29.9 Å². The largest absolute Gasteiger partial charge is 0.341 e. The van der Waals surface area contributed by atoms with E-state index in [4.69, 9.17) is 0 Å². The highest BCUT2D eigenvalue weighted by Gasteiger charge is 2.41. The van der Waals surface area contributed by atoms with Crippen LogP contribution < -0.4 is 10.2 Å². The number of likely N-dealkylation sites (tertiary alicyclic amines) is 1. The summed E-state index contributed by atoms with van der Waals surface area (Å²) >= 11 is 2.67. The van der Waals surface area contributed by atoms with E-state index in [1.807, 2.05) is 49.4 Å². The number of hydrogen-bond acceptors (Lipinski definition) is 6. The fourth-order valence-electron chi connectivity index (χ4n) is 4.03. The molecule has 0 saturated carbocycles. The predicted octanol–water partition coefficient (Wildman–Crippen LogP) is 3.67. The first-order chi connectivity index (χ1) is 15.5. The van der Waals surface area contributed by atoms with E-state index in [9.17, 15) is 14.4 Å². The number of thiazole rings is 1. The van der Waals surface area contributed by atoms with Gasteiger partial charge in [-0.3, -0.25) is 14.4 Å². The van der Waals surface area contributed by atoms with Gasteiger partial charge in [-0.1, -0.05) is 29.5 Å². The molecule has 1 fully saturated rings. The smallest absolute Gasteiger partial charge is 0.250 e. The van der Waals surface area contributed by atoms with Crippen molar-refractivity contribution in [1.29, 1.82) is 0 Å². The van der Waals surface area contributed by atoms with Crippen LogP contribution in [0.1, 0.15) is 18.4 Å². The number of hydrogen-bond donors (Lipinski definition) is 1. The third kappa shape index (κ3) is 3.98.